The van der Waals surface area contributed by atoms with Gasteiger partial charge in [-0.1, -0.05) is 41.1 Å². The first-order chi connectivity index (χ1) is 14.5. The van der Waals surface area contributed by atoms with E-state index >= 15 is 0 Å². The Kier molecular flexibility index (Phi) is 7.75. The highest BCUT2D eigenvalue weighted by molar-refractivity contribution is 7.13. The quantitative estimate of drug-likeness (QED) is 0.518. The number of carbonyl (C=O) groups is 2. The van der Waals surface area contributed by atoms with E-state index in [0.29, 0.717) is 47.3 Å². The lowest BCUT2D eigenvalue weighted by Gasteiger charge is -2.06. The number of nitrogens with one attached hydrogen (secondary N) is 2. The molecule has 30 heavy (non-hydrogen) atoms. The maximum Gasteiger partial charge on any atom is 0.286 e. The third-order valence-corrected chi connectivity index (χ3v) is 5.59. The van der Waals surface area contributed by atoms with E-state index in [4.69, 9.17) is 16.3 Å². The lowest BCUT2D eigenvalue weighted by Crippen LogP contribution is -2.22. The van der Waals surface area contributed by atoms with Crippen molar-refractivity contribution in [1.29, 1.82) is 0 Å². The number of hydrogen-bond acceptors (Lipinski definition) is 6. The Hall–Kier alpha value is -2.97. The number of carbonyl (C=O) groups excluding carboxylic acids is 2. The van der Waals surface area contributed by atoms with Crippen LogP contribution in [-0.4, -0.2) is 29.1 Å². The van der Waals surface area contributed by atoms with Crippen LogP contribution in [0.3, 0.4) is 0 Å². The van der Waals surface area contributed by atoms with Crippen LogP contribution in [0.2, 0.25) is 5.02 Å². The molecular formula is C21H21ClN4O3S. The topological polar surface area (TPSA) is 93.2 Å². The number of anilines is 1. The summed E-state index contributed by atoms with van der Waals surface area (Å²) in [5.74, 6) is 0.334. The summed E-state index contributed by atoms with van der Waals surface area (Å²) in [4.78, 5) is 24.3. The molecule has 156 valence electrons. The smallest absolute Gasteiger partial charge is 0.286 e. The fourth-order valence-corrected chi connectivity index (χ4v) is 3.61. The van der Waals surface area contributed by atoms with Crippen molar-refractivity contribution < 1.29 is 14.3 Å². The highest BCUT2D eigenvalue weighted by Gasteiger charge is 2.13. The normalized spacial score (nSPS) is 10.5. The standard InChI is InChI=1S/C21H21ClN4O3S/c1-29-16-11-9-15(10-12-16)24-20(28)21-26-25-19(30-21)8-4-7-18(27)23-13-14-5-2-3-6-17(14)22/h2-3,5-6,9-12H,4,7-8,13H2,1H3,(H,23,27)(H,24,28). The first kappa shape index (κ1) is 21.7. The van der Waals surface area contributed by atoms with E-state index < -0.39 is 0 Å². The summed E-state index contributed by atoms with van der Waals surface area (Å²) >= 11 is 7.30. The zero-order valence-electron chi connectivity index (χ0n) is 16.4. The van der Waals surface area contributed by atoms with Crippen LogP contribution < -0.4 is 15.4 Å². The zero-order valence-corrected chi connectivity index (χ0v) is 17.9. The highest BCUT2D eigenvalue weighted by atomic mass is 35.5. The molecule has 0 atom stereocenters. The molecular weight excluding hydrogens is 424 g/mol. The largest absolute Gasteiger partial charge is 0.497 e. The van der Waals surface area contributed by atoms with Gasteiger partial charge in [0.15, 0.2) is 0 Å². The van der Waals surface area contributed by atoms with Gasteiger partial charge in [0.2, 0.25) is 10.9 Å². The average Bonchev–Trinajstić information content (AvgIpc) is 3.23. The van der Waals surface area contributed by atoms with Crippen molar-refractivity contribution in [1.82, 2.24) is 15.5 Å². The van der Waals surface area contributed by atoms with Crippen LogP contribution in [0, 0.1) is 0 Å². The van der Waals surface area contributed by atoms with Gasteiger partial charge in [0, 0.05) is 30.1 Å². The fraction of sp³-hybridized carbons (Fsp3) is 0.238. The first-order valence-electron chi connectivity index (χ1n) is 9.33. The van der Waals surface area contributed by atoms with Gasteiger partial charge in [-0.05, 0) is 42.3 Å². The molecule has 0 aliphatic carbocycles. The Bertz CT molecular complexity index is 1010. The Labute approximate surface area is 183 Å². The molecule has 1 heterocycles. The number of hydrogen-bond donors (Lipinski definition) is 2. The molecule has 7 nitrogen and oxygen atoms in total. The first-order valence-corrected chi connectivity index (χ1v) is 10.5. The van der Waals surface area contributed by atoms with Crippen LogP contribution in [0.4, 0.5) is 5.69 Å². The van der Waals surface area contributed by atoms with Crippen molar-refractivity contribution in [2.24, 2.45) is 0 Å². The van der Waals surface area contributed by atoms with Crippen LogP contribution in [-0.2, 0) is 17.8 Å². The molecule has 0 radical (unpaired) electrons. The molecule has 0 aliphatic heterocycles. The number of methoxy groups -OCH3 is 1. The number of amides is 2. The highest BCUT2D eigenvalue weighted by Crippen LogP contribution is 2.18. The Balaban J connectivity index is 1.42. The van der Waals surface area contributed by atoms with Gasteiger partial charge >= 0.3 is 0 Å². The summed E-state index contributed by atoms with van der Waals surface area (Å²) in [5.41, 5.74) is 1.52. The Morgan fingerprint density at radius 1 is 1.10 bits per heavy atom. The molecule has 3 aromatic rings. The summed E-state index contributed by atoms with van der Waals surface area (Å²) in [6.45, 7) is 0.396. The molecule has 2 amide bonds. The van der Waals surface area contributed by atoms with E-state index in [0.717, 1.165) is 5.56 Å². The number of nitrogens with zero attached hydrogens (tertiary/aromatic N) is 2. The summed E-state index contributed by atoms with van der Waals surface area (Å²) < 4.78 is 5.09. The second-order valence-electron chi connectivity index (χ2n) is 6.41. The van der Waals surface area contributed by atoms with Crippen molar-refractivity contribution in [2.75, 3.05) is 12.4 Å². The van der Waals surface area contributed by atoms with Crippen LogP contribution in [0.25, 0.3) is 0 Å². The van der Waals surface area contributed by atoms with E-state index in [1.165, 1.54) is 11.3 Å². The average molecular weight is 445 g/mol. The minimum atomic E-state index is -0.318. The zero-order chi connectivity index (χ0) is 21.3. The van der Waals surface area contributed by atoms with Crippen molar-refractivity contribution >= 4 is 40.4 Å². The molecule has 0 bridgehead atoms. The van der Waals surface area contributed by atoms with Gasteiger partial charge < -0.3 is 15.4 Å². The predicted molar refractivity (Wildman–Crippen MR) is 117 cm³/mol. The van der Waals surface area contributed by atoms with E-state index in [1.54, 1.807) is 37.4 Å². The SMILES string of the molecule is COc1ccc(NC(=O)c2nnc(CCCC(=O)NCc3ccccc3Cl)s2)cc1. The molecule has 1 aromatic heterocycles. The summed E-state index contributed by atoms with van der Waals surface area (Å²) in [7, 11) is 1.58. The lowest BCUT2D eigenvalue weighted by atomic mass is 10.2. The molecule has 0 saturated carbocycles. The minimum Gasteiger partial charge on any atom is -0.497 e. The maximum absolute atomic E-state index is 12.3. The number of rotatable bonds is 9. The van der Waals surface area contributed by atoms with Crippen LogP contribution in [0.1, 0.15) is 33.2 Å². The molecule has 2 N–H and O–H groups in total. The van der Waals surface area contributed by atoms with E-state index in [9.17, 15) is 9.59 Å². The number of aryl methyl sites for hydroxylation is 1. The van der Waals surface area contributed by atoms with E-state index in [-0.39, 0.29) is 16.8 Å². The molecule has 9 heteroatoms. The van der Waals surface area contributed by atoms with Crippen molar-refractivity contribution in [3.8, 4) is 5.75 Å². The minimum absolute atomic E-state index is 0.0584. The number of aromatic nitrogens is 2. The van der Waals surface area contributed by atoms with Crippen LogP contribution >= 0.6 is 22.9 Å². The molecule has 0 saturated heterocycles. The predicted octanol–water partition coefficient (Wildman–Crippen LogP) is 4.09. The van der Waals surface area contributed by atoms with Gasteiger partial charge in [0.05, 0.1) is 7.11 Å². The molecule has 0 unspecified atom stereocenters. The molecule has 3 rings (SSSR count). The Morgan fingerprint density at radius 2 is 1.87 bits per heavy atom. The molecule has 0 spiro atoms. The third-order valence-electron chi connectivity index (χ3n) is 4.24. The van der Waals surface area contributed by atoms with Crippen molar-refractivity contribution in [3.63, 3.8) is 0 Å². The number of ether oxygens (including phenoxy) is 1. The third kappa shape index (κ3) is 6.27. The van der Waals surface area contributed by atoms with E-state index in [1.807, 2.05) is 18.2 Å². The monoisotopic (exact) mass is 444 g/mol. The van der Waals surface area contributed by atoms with Gasteiger partial charge in [-0.25, -0.2) is 0 Å². The molecule has 2 aromatic carbocycles. The Morgan fingerprint density at radius 3 is 2.60 bits per heavy atom. The van der Waals surface area contributed by atoms with Gasteiger partial charge in [-0.15, -0.1) is 10.2 Å². The number of halogens is 1. The van der Waals surface area contributed by atoms with Gasteiger partial charge in [0.1, 0.15) is 10.8 Å². The lowest BCUT2D eigenvalue weighted by molar-refractivity contribution is -0.121. The second-order valence-corrected chi connectivity index (χ2v) is 7.87. The van der Waals surface area contributed by atoms with Crippen LogP contribution in [0.5, 0.6) is 5.75 Å². The van der Waals surface area contributed by atoms with Crippen LogP contribution in [0.15, 0.2) is 48.5 Å². The summed E-state index contributed by atoms with van der Waals surface area (Å²) in [6.07, 6.45) is 1.55. The maximum atomic E-state index is 12.3. The van der Waals surface area contributed by atoms with Crippen molar-refractivity contribution in [2.45, 2.75) is 25.8 Å². The van der Waals surface area contributed by atoms with Crippen molar-refractivity contribution in [3.05, 3.63) is 69.1 Å². The van der Waals surface area contributed by atoms with Gasteiger partial charge in [-0.2, -0.15) is 0 Å². The molecule has 0 aliphatic rings. The van der Waals surface area contributed by atoms with Gasteiger partial charge in [0.25, 0.3) is 5.91 Å². The van der Waals surface area contributed by atoms with Gasteiger partial charge in [-0.3, -0.25) is 9.59 Å². The second kappa shape index (κ2) is 10.7. The molecule has 0 fully saturated rings. The van der Waals surface area contributed by atoms with E-state index in [2.05, 4.69) is 20.8 Å². The fourth-order valence-electron chi connectivity index (χ4n) is 2.63. The summed E-state index contributed by atoms with van der Waals surface area (Å²) in [5, 5.41) is 15.3. The summed E-state index contributed by atoms with van der Waals surface area (Å²) in [6, 6.07) is 14.4. The number of benzene rings is 2.